The number of non-ortho nitro benzene ring substituents is 1. The van der Waals surface area contributed by atoms with Gasteiger partial charge in [0.15, 0.2) is 0 Å². The van der Waals surface area contributed by atoms with Crippen LogP contribution in [0.3, 0.4) is 0 Å². The van der Waals surface area contributed by atoms with Gasteiger partial charge in [0.2, 0.25) is 0 Å². The first kappa shape index (κ1) is 16.8. The average molecular weight is 336 g/mol. The fourth-order valence-electron chi connectivity index (χ4n) is 2.68. The van der Waals surface area contributed by atoms with Gasteiger partial charge in [-0.15, -0.1) is 5.10 Å². The number of benzene rings is 2. The van der Waals surface area contributed by atoms with Crippen molar-refractivity contribution in [3.63, 3.8) is 0 Å². The van der Waals surface area contributed by atoms with Gasteiger partial charge < -0.3 is 0 Å². The van der Waals surface area contributed by atoms with Crippen molar-refractivity contribution >= 4 is 5.69 Å². The second kappa shape index (κ2) is 7.25. The first-order valence-electron chi connectivity index (χ1n) is 8.22. The van der Waals surface area contributed by atoms with Crippen molar-refractivity contribution in [1.82, 2.24) is 15.0 Å². The number of nitrogens with zero attached hydrogens (tertiary/aromatic N) is 4. The highest BCUT2D eigenvalue weighted by molar-refractivity contribution is 5.35. The van der Waals surface area contributed by atoms with Crippen molar-refractivity contribution in [2.45, 2.75) is 32.7 Å². The molecule has 0 unspecified atom stereocenters. The van der Waals surface area contributed by atoms with Gasteiger partial charge in [-0.1, -0.05) is 55.5 Å². The minimum absolute atomic E-state index is 0.0927. The Morgan fingerprint density at radius 2 is 1.88 bits per heavy atom. The minimum Gasteiger partial charge on any atom is -0.258 e. The van der Waals surface area contributed by atoms with E-state index in [-0.39, 0.29) is 10.6 Å². The molecule has 25 heavy (non-hydrogen) atoms. The molecule has 3 rings (SSSR count). The van der Waals surface area contributed by atoms with Crippen LogP contribution < -0.4 is 0 Å². The fourth-order valence-corrected chi connectivity index (χ4v) is 2.68. The molecular formula is C19H20N4O2. The molecule has 0 bridgehead atoms. The lowest BCUT2D eigenvalue weighted by molar-refractivity contribution is -0.384. The van der Waals surface area contributed by atoms with Crippen LogP contribution in [-0.2, 0) is 13.0 Å². The van der Waals surface area contributed by atoms with E-state index in [4.69, 9.17) is 0 Å². The minimum atomic E-state index is -0.388. The third-order valence-corrected chi connectivity index (χ3v) is 4.08. The largest absolute Gasteiger partial charge is 0.269 e. The molecule has 6 heteroatoms. The Kier molecular flexibility index (Phi) is 4.88. The number of nitro benzene ring substituents is 1. The van der Waals surface area contributed by atoms with E-state index in [9.17, 15) is 10.1 Å². The van der Waals surface area contributed by atoms with Gasteiger partial charge in [-0.3, -0.25) is 10.1 Å². The van der Waals surface area contributed by atoms with E-state index in [1.807, 2.05) is 12.3 Å². The van der Waals surface area contributed by atoms with Crippen LogP contribution >= 0.6 is 0 Å². The summed E-state index contributed by atoms with van der Waals surface area (Å²) >= 11 is 0. The lowest BCUT2D eigenvalue weighted by Crippen LogP contribution is -2.00. The van der Waals surface area contributed by atoms with Crippen LogP contribution in [0.2, 0.25) is 0 Å². The van der Waals surface area contributed by atoms with Gasteiger partial charge in [-0.25, -0.2) is 4.68 Å². The zero-order valence-corrected chi connectivity index (χ0v) is 14.3. The summed E-state index contributed by atoms with van der Waals surface area (Å²) < 4.78 is 1.79. The number of hydrogen-bond donors (Lipinski definition) is 0. The van der Waals surface area contributed by atoms with E-state index >= 15 is 0 Å². The number of nitro groups is 1. The SMILES string of the molecule is CC(C)c1ccc(Cn2cc(Cc3cccc([N+](=O)[O-])c3)nn2)cc1. The van der Waals surface area contributed by atoms with Crippen LogP contribution in [-0.4, -0.2) is 19.9 Å². The summed E-state index contributed by atoms with van der Waals surface area (Å²) in [5.74, 6) is 0.516. The normalized spacial score (nSPS) is 11.0. The van der Waals surface area contributed by atoms with E-state index in [1.54, 1.807) is 16.8 Å². The van der Waals surface area contributed by atoms with Gasteiger partial charge in [0.25, 0.3) is 5.69 Å². The average Bonchev–Trinajstić information content (AvgIpc) is 3.02. The smallest absolute Gasteiger partial charge is 0.258 e. The van der Waals surface area contributed by atoms with E-state index in [2.05, 4.69) is 48.4 Å². The Bertz CT molecular complexity index is 869. The molecule has 0 saturated heterocycles. The predicted molar refractivity (Wildman–Crippen MR) is 95.6 cm³/mol. The van der Waals surface area contributed by atoms with Crippen molar-refractivity contribution < 1.29 is 4.92 Å². The predicted octanol–water partition coefficient (Wildman–Crippen LogP) is 3.95. The van der Waals surface area contributed by atoms with Crippen molar-refractivity contribution in [3.8, 4) is 0 Å². The second-order valence-corrected chi connectivity index (χ2v) is 6.41. The van der Waals surface area contributed by atoms with Crippen LogP contribution in [0.15, 0.2) is 54.7 Å². The summed E-state index contributed by atoms with van der Waals surface area (Å²) in [4.78, 5) is 10.5. The molecule has 0 saturated carbocycles. The number of rotatable bonds is 6. The molecule has 0 radical (unpaired) electrons. The van der Waals surface area contributed by atoms with Crippen LogP contribution in [0, 0.1) is 10.1 Å². The molecule has 0 aliphatic carbocycles. The van der Waals surface area contributed by atoms with Crippen LogP contribution in [0.5, 0.6) is 0 Å². The molecule has 0 spiro atoms. The van der Waals surface area contributed by atoms with E-state index < -0.39 is 0 Å². The number of hydrogen-bond acceptors (Lipinski definition) is 4. The van der Waals surface area contributed by atoms with Gasteiger partial charge >= 0.3 is 0 Å². The summed E-state index contributed by atoms with van der Waals surface area (Å²) in [5, 5.41) is 19.2. The highest BCUT2D eigenvalue weighted by Gasteiger charge is 2.08. The second-order valence-electron chi connectivity index (χ2n) is 6.41. The molecule has 6 nitrogen and oxygen atoms in total. The van der Waals surface area contributed by atoms with Crippen LogP contribution in [0.25, 0.3) is 0 Å². The third kappa shape index (κ3) is 4.29. The van der Waals surface area contributed by atoms with Gasteiger partial charge in [-0.05, 0) is 22.6 Å². The standard InChI is InChI=1S/C19H20N4O2/c1-14(2)17-8-6-15(7-9-17)12-22-13-18(20-21-22)10-16-4-3-5-19(11-16)23(24)25/h3-9,11,13-14H,10,12H2,1-2H3. The Morgan fingerprint density at radius 1 is 1.12 bits per heavy atom. The highest BCUT2D eigenvalue weighted by atomic mass is 16.6. The Morgan fingerprint density at radius 3 is 2.56 bits per heavy atom. The lowest BCUT2D eigenvalue weighted by Gasteiger charge is -2.06. The Hall–Kier alpha value is -3.02. The molecule has 0 N–H and O–H groups in total. The Labute approximate surface area is 146 Å². The maximum Gasteiger partial charge on any atom is 0.269 e. The summed E-state index contributed by atoms with van der Waals surface area (Å²) in [5.41, 5.74) is 4.21. The van der Waals surface area contributed by atoms with Gasteiger partial charge in [0.05, 0.1) is 17.2 Å². The summed E-state index contributed by atoms with van der Waals surface area (Å²) in [7, 11) is 0. The molecule has 0 aliphatic heterocycles. The molecule has 1 aromatic heterocycles. The van der Waals surface area contributed by atoms with E-state index in [0.717, 1.165) is 16.8 Å². The third-order valence-electron chi connectivity index (χ3n) is 4.08. The summed E-state index contributed by atoms with van der Waals surface area (Å²) in [6.45, 7) is 5.00. The maximum absolute atomic E-state index is 10.9. The molecule has 1 heterocycles. The number of aromatic nitrogens is 3. The monoisotopic (exact) mass is 336 g/mol. The Balaban J connectivity index is 1.68. The zero-order chi connectivity index (χ0) is 17.8. The van der Waals surface area contributed by atoms with Crippen LogP contribution in [0.1, 0.15) is 42.1 Å². The lowest BCUT2D eigenvalue weighted by atomic mass is 10.0. The van der Waals surface area contributed by atoms with Crippen molar-refractivity contribution in [3.05, 3.63) is 87.2 Å². The van der Waals surface area contributed by atoms with Gasteiger partial charge in [0, 0.05) is 24.8 Å². The molecule has 2 aromatic carbocycles. The van der Waals surface area contributed by atoms with E-state index in [1.165, 1.54) is 11.6 Å². The molecular weight excluding hydrogens is 316 g/mol. The molecule has 128 valence electrons. The van der Waals surface area contributed by atoms with Crippen molar-refractivity contribution in [1.29, 1.82) is 0 Å². The first-order chi connectivity index (χ1) is 12.0. The molecule has 0 fully saturated rings. The maximum atomic E-state index is 10.9. The summed E-state index contributed by atoms with van der Waals surface area (Å²) in [6.07, 6.45) is 2.41. The zero-order valence-electron chi connectivity index (χ0n) is 14.3. The van der Waals surface area contributed by atoms with Gasteiger partial charge in [-0.2, -0.15) is 0 Å². The molecule has 0 amide bonds. The highest BCUT2D eigenvalue weighted by Crippen LogP contribution is 2.17. The topological polar surface area (TPSA) is 73.8 Å². The van der Waals surface area contributed by atoms with Crippen LogP contribution in [0.4, 0.5) is 5.69 Å². The molecule has 3 aromatic rings. The first-order valence-corrected chi connectivity index (χ1v) is 8.22. The summed E-state index contributed by atoms with van der Waals surface area (Å²) in [6, 6.07) is 15.1. The van der Waals surface area contributed by atoms with E-state index in [0.29, 0.717) is 18.9 Å². The molecule has 0 atom stereocenters. The fraction of sp³-hybridized carbons (Fsp3) is 0.263. The van der Waals surface area contributed by atoms with Crippen molar-refractivity contribution in [2.24, 2.45) is 0 Å². The molecule has 0 aliphatic rings. The van der Waals surface area contributed by atoms with Gasteiger partial charge in [0.1, 0.15) is 0 Å². The quantitative estimate of drug-likeness (QED) is 0.504. The van der Waals surface area contributed by atoms with Crippen molar-refractivity contribution in [2.75, 3.05) is 0 Å².